The molecule has 0 fully saturated rings. The van der Waals surface area contributed by atoms with Gasteiger partial charge in [-0.3, -0.25) is 0 Å². The van der Waals surface area contributed by atoms with Crippen molar-refractivity contribution in [3.05, 3.63) is 0 Å². The topological polar surface area (TPSA) is 124 Å². The van der Waals surface area contributed by atoms with Crippen molar-refractivity contribution in [1.82, 2.24) is 16.0 Å². The second-order valence-corrected chi connectivity index (χ2v) is 16.4. The predicted octanol–water partition coefficient (Wildman–Crippen LogP) is 8.32. The van der Waals surface area contributed by atoms with Crippen molar-refractivity contribution in [2.75, 3.05) is 78.9 Å². The average Bonchev–Trinajstić information content (AvgIpc) is 3.14. The van der Waals surface area contributed by atoms with Crippen LogP contribution in [-0.2, 0) is 14.2 Å². The molecule has 0 aliphatic heterocycles. The number of aliphatic hydroxyl groups is 3. The van der Waals surface area contributed by atoms with Gasteiger partial charge in [0, 0.05) is 25.0 Å². The third-order valence-corrected chi connectivity index (χ3v) is 10.0. The number of ether oxygens (including phenoxy) is 3. The number of aliphatic hydroxyl groups excluding tert-OH is 3. The maximum Gasteiger partial charge on any atom is 0.0897 e. The third-order valence-electron chi connectivity index (χ3n) is 10.0. The van der Waals surface area contributed by atoms with Gasteiger partial charge in [0.1, 0.15) is 0 Å². The monoisotopic (exact) mass is 760 g/mol. The molecule has 9 nitrogen and oxygen atoms in total. The van der Waals surface area contributed by atoms with Gasteiger partial charge >= 0.3 is 0 Å². The van der Waals surface area contributed by atoms with Crippen LogP contribution in [0.3, 0.4) is 0 Å². The SMILES string of the molecule is CCCCCCCCCCNCC(O)COCC(C)(COCC(O)CNCCCCCCCCCC)COCC(O)CNCCCCCCCCCC. The molecule has 0 aromatic carbocycles. The van der Waals surface area contributed by atoms with Crippen LogP contribution in [0.15, 0.2) is 0 Å². The molecule has 0 saturated carbocycles. The van der Waals surface area contributed by atoms with Crippen molar-refractivity contribution in [3.8, 4) is 0 Å². The van der Waals surface area contributed by atoms with E-state index in [0.717, 1.165) is 38.9 Å². The van der Waals surface area contributed by atoms with E-state index in [1.165, 1.54) is 135 Å². The molecule has 3 unspecified atom stereocenters. The van der Waals surface area contributed by atoms with E-state index in [4.69, 9.17) is 14.2 Å². The fraction of sp³-hybridized carbons (Fsp3) is 1.00. The van der Waals surface area contributed by atoms with Crippen LogP contribution in [-0.4, -0.2) is 113 Å². The van der Waals surface area contributed by atoms with Gasteiger partial charge in [-0.15, -0.1) is 0 Å². The van der Waals surface area contributed by atoms with E-state index >= 15 is 0 Å². The minimum Gasteiger partial charge on any atom is -0.389 e. The summed E-state index contributed by atoms with van der Waals surface area (Å²) in [7, 11) is 0. The minimum atomic E-state index is -0.585. The van der Waals surface area contributed by atoms with Crippen molar-refractivity contribution >= 4 is 0 Å². The van der Waals surface area contributed by atoms with E-state index in [-0.39, 0.29) is 19.8 Å². The van der Waals surface area contributed by atoms with E-state index < -0.39 is 23.7 Å². The molecule has 0 heterocycles. The second-order valence-electron chi connectivity index (χ2n) is 16.4. The van der Waals surface area contributed by atoms with Gasteiger partial charge in [0.25, 0.3) is 0 Å². The molecule has 0 saturated heterocycles. The molecule has 9 heteroatoms. The van der Waals surface area contributed by atoms with E-state index in [0.29, 0.717) is 39.5 Å². The maximum absolute atomic E-state index is 10.5. The second kappa shape index (κ2) is 41.3. The highest BCUT2D eigenvalue weighted by atomic mass is 16.5. The Labute approximate surface area is 329 Å². The predicted molar refractivity (Wildman–Crippen MR) is 225 cm³/mol. The molecule has 53 heavy (non-hydrogen) atoms. The molecule has 0 aliphatic rings. The lowest BCUT2D eigenvalue weighted by Gasteiger charge is -2.30. The van der Waals surface area contributed by atoms with Crippen LogP contribution in [0.4, 0.5) is 0 Å². The molecular formula is C44H93N3O6. The summed E-state index contributed by atoms with van der Waals surface area (Å²) in [6.07, 6.45) is 29.2. The summed E-state index contributed by atoms with van der Waals surface area (Å²) >= 11 is 0. The van der Waals surface area contributed by atoms with Crippen LogP contribution >= 0.6 is 0 Å². The highest BCUT2D eigenvalue weighted by Gasteiger charge is 2.27. The molecule has 0 aromatic heterocycles. The quantitative estimate of drug-likeness (QED) is 0.0340. The minimum absolute atomic E-state index is 0.233. The van der Waals surface area contributed by atoms with Crippen LogP contribution in [0.5, 0.6) is 0 Å². The average molecular weight is 760 g/mol. The Hall–Kier alpha value is -0.360. The Balaban J connectivity index is 4.42. The molecule has 0 spiro atoms. The highest BCUT2D eigenvalue weighted by Crippen LogP contribution is 2.19. The van der Waals surface area contributed by atoms with Crippen molar-refractivity contribution in [2.24, 2.45) is 5.41 Å². The third kappa shape index (κ3) is 39.7. The summed E-state index contributed by atoms with van der Waals surface area (Å²) in [5, 5.41) is 41.7. The number of unbranched alkanes of at least 4 members (excludes halogenated alkanes) is 21. The summed E-state index contributed by atoms with van der Waals surface area (Å²) in [6, 6.07) is 0. The van der Waals surface area contributed by atoms with Crippen LogP contribution in [0.1, 0.15) is 182 Å². The lowest BCUT2D eigenvalue weighted by Crippen LogP contribution is -2.39. The first-order valence-corrected chi connectivity index (χ1v) is 22.8. The van der Waals surface area contributed by atoms with Gasteiger partial charge in [0.2, 0.25) is 0 Å². The van der Waals surface area contributed by atoms with Crippen molar-refractivity contribution in [1.29, 1.82) is 0 Å². The molecular weight excluding hydrogens is 666 g/mol. The molecule has 0 radical (unpaired) electrons. The first kappa shape index (κ1) is 52.6. The first-order chi connectivity index (χ1) is 25.9. The summed E-state index contributed by atoms with van der Waals surface area (Å²) in [5.74, 6) is 0. The molecule has 0 bridgehead atoms. The van der Waals surface area contributed by atoms with E-state index in [1.807, 2.05) is 6.92 Å². The summed E-state index contributed by atoms with van der Waals surface area (Å²) in [5.41, 5.74) is -0.487. The molecule has 0 rings (SSSR count). The lowest BCUT2D eigenvalue weighted by atomic mass is 9.94. The Morgan fingerprint density at radius 1 is 0.377 bits per heavy atom. The van der Waals surface area contributed by atoms with Gasteiger partial charge in [-0.05, 0) is 38.9 Å². The van der Waals surface area contributed by atoms with E-state index in [2.05, 4.69) is 36.7 Å². The highest BCUT2D eigenvalue weighted by molar-refractivity contribution is 4.75. The molecule has 0 aliphatic carbocycles. The zero-order valence-corrected chi connectivity index (χ0v) is 35.8. The van der Waals surface area contributed by atoms with Gasteiger partial charge < -0.3 is 45.5 Å². The standard InChI is InChI=1S/C44H93N3O6/c1-5-8-11-14-17-20-23-26-29-45-32-41(48)35-51-38-44(4,39-52-36-42(49)33-46-30-27-24-21-18-15-12-9-6-2)40-53-37-43(50)34-47-31-28-25-22-19-16-13-10-7-3/h41-43,45-50H,5-40H2,1-4H3. The summed E-state index contributed by atoms with van der Waals surface area (Å²) < 4.78 is 18.0. The Morgan fingerprint density at radius 3 is 0.849 bits per heavy atom. The largest absolute Gasteiger partial charge is 0.389 e. The van der Waals surface area contributed by atoms with Gasteiger partial charge in [0.05, 0.1) is 58.0 Å². The van der Waals surface area contributed by atoms with Crippen LogP contribution < -0.4 is 16.0 Å². The number of hydrogen-bond donors (Lipinski definition) is 6. The van der Waals surface area contributed by atoms with Gasteiger partial charge in [0.15, 0.2) is 0 Å². The smallest absolute Gasteiger partial charge is 0.0897 e. The molecule has 3 atom stereocenters. The van der Waals surface area contributed by atoms with Gasteiger partial charge in [-0.1, -0.05) is 163 Å². The van der Waals surface area contributed by atoms with Crippen molar-refractivity contribution < 1.29 is 29.5 Å². The number of nitrogens with one attached hydrogen (secondary N) is 3. The fourth-order valence-electron chi connectivity index (χ4n) is 6.58. The molecule has 6 N–H and O–H groups in total. The number of hydrogen-bond acceptors (Lipinski definition) is 9. The van der Waals surface area contributed by atoms with E-state index in [1.54, 1.807) is 0 Å². The van der Waals surface area contributed by atoms with Crippen molar-refractivity contribution in [3.63, 3.8) is 0 Å². The zero-order chi connectivity index (χ0) is 38.9. The molecule has 320 valence electrons. The first-order valence-electron chi connectivity index (χ1n) is 22.8. The van der Waals surface area contributed by atoms with Gasteiger partial charge in [-0.25, -0.2) is 0 Å². The van der Waals surface area contributed by atoms with Gasteiger partial charge in [-0.2, -0.15) is 0 Å². The van der Waals surface area contributed by atoms with Crippen LogP contribution in [0.2, 0.25) is 0 Å². The molecule has 0 amide bonds. The fourth-order valence-corrected chi connectivity index (χ4v) is 6.58. The summed E-state index contributed by atoms with van der Waals surface area (Å²) in [6.45, 7) is 14.8. The number of rotatable bonds is 45. The lowest BCUT2D eigenvalue weighted by molar-refractivity contribution is -0.0903. The maximum atomic E-state index is 10.5. The summed E-state index contributed by atoms with van der Waals surface area (Å²) in [4.78, 5) is 0. The zero-order valence-electron chi connectivity index (χ0n) is 35.8. The Kier molecular flexibility index (Phi) is 41.0. The molecule has 0 aromatic rings. The normalized spacial score (nSPS) is 14.8. The Bertz CT molecular complexity index is 618. The van der Waals surface area contributed by atoms with Crippen LogP contribution in [0, 0.1) is 5.41 Å². The van der Waals surface area contributed by atoms with E-state index in [9.17, 15) is 15.3 Å². The van der Waals surface area contributed by atoms with Crippen LogP contribution in [0.25, 0.3) is 0 Å². The Morgan fingerprint density at radius 2 is 0.604 bits per heavy atom. The van der Waals surface area contributed by atoms with Crippen molar-refractivity contribution in [2.45, 2.75) is 200 Å².